The highest BCUT2D eigenvalue weighted by atomic mass is 79.9. The second-order valence-corrected chi connectivity index (χ2v) is 4.61. The summed E-state index contributed by atoms with van der Waals surface area (Å²) in [4.78, 5) is 15.1. The van der Waals surface area contributed by atoms with Crippen LogP contribution >= 0.6 is 15.9 Å². The largest absolute Gasteiger partial charge is 0.478 e. The summed E-state index contributed by atoms with van der Waals surface area (Å²) in [5.74, 6) is -0.945. The van der Waals surface area contributed by atoms with Crippen LogP contribution in [0.2, 0.25) is 0 Å². The number of carboxylic acids is 1. The van der Waals surface area contributed by atoms with Crippen LogP contribution in [0, 0.1) is 6.92 Å². The SMILES string of the molecule is Cc1cncc(-c2ccc(Br)c(C(=O)O)c2)c1. The Hall–Kier alpha value is -1.68. The molecule has 0 atom stereocenters. The van der Waals surface area contributed by atoms with Gasteiger partial charge in [0.1, 0.15) is 0 Å². The van der Waals surface area contributed by atoms with Crippen LogP contribution in [0.15, 0.2) is 41.1 Å². The van der Waals surface area contributed by atoms with Crippen LogP contribution in [0.5, 0.6) is 0 Å². The monoisotopic (exact) mass is 291 g/mol. The molecule has 1 aromatic heterocycles. The Balaban J connectivity index is 2.54. The predicted octanol–water partition coefficient (Wildman–Crippen LogP) is 3.52. The third-order valence-corrected chi connectivity index (χ3v) is 3.10. The van der Waals surface area contributed by atoms with E-state index in [1.54, 1.807) is 24.5 Å². The van der Waals surface area contributed by atoms with Gasteiger partial charge in [0.2, 0.25) is 0 Å². The highest BCUT2D eigenvalue weighted by Gasteiger charge is 2.10. The first-order chi connectivity index (χ1) is 8.08. The number of pyridine rings is 1. The molecular formula is C13H10BrNO2. The van der Waals surface area contributed by atoms with Gasteiger partial charge in [-0.2, -0.15) is 0 Å². The van der Waals surface area contributed by atoms with Crippen LogP contribution in [0.25, 0.3) is 11.1 Å². The Morgan fingerprint density at radius 2 is 2.00 bits per heavy atom. The van der Waals surface area contributed by atoms with E-state index >= 15 is 0 Å². The summed E-state index contributed by atoms with van der Waals surface area (Å²) in [6.45, 7) is 1.95. The number of hydrogen-bond acceptors (Lipinski definition) is 2. The molecule has 0 aliphatic heterocycles. The fourth-order valence-electron chi connectivity index (χ4n) is 1.58. The minimum Gasteiger partial charge on any atom is -0.478 e. The van der Waals surface area contributed by atoms with Gasteiger partial charge in [0.15, 0.2) is 0 Å². The first kappa shape index (κ1) is 11.8. The molecule has 0 aliphatic rings. The van der Waals surface area contributed by atoms with Crippen molar-refractivity contribution in [2.24, 2.45) is 0 Å². The predicted molar refractivity (Wildman–Crippen MR) is 69.1 cm³/mol. The van der Waals surface area contributed by atoms with Crippen molar-refractivity contribution >= 4 is 21.9 Å². The van der Waals surface area contributed by atoms with Gasteiger partial charge in [-0.25, -0.2) is 4.79 Å². The molecule has 0 spiro atoms. The quantitative estimate of drug-likeness (QED) is 0.921. The molecule has 0 amide bonds. The molecule has 0 saturated heterocycles. The number of hydrogen-bond donors (Lipinski definition) is 1. The van der Waals surface area contributed by atoms with Gasteiger partial charge in [-0.1, -0.05) is 6.07 Å². The van der Waals surface area contributed by atoms with Gasteiger partial charge in [-0.3, -0.25) is 4.98 Å². The van der Waals surface area contributed by atoms with Gasteiger partial charge >= 0.3 is 5.97 Å². The van der Waals surface area contributed by atoms with E-state index in [1.807, 2.05) is 19.1 Å². The zero-order chi connectivity index (χ0) is 12.4. The van der Waals surface area contributed by atoms with E-state index in [-0.39, 0.29) is 5.56 Å². The van der Waals surface area contributed by atoms with Crippen molar-refractivity contribution in [2.75, 3.05) is 0 Å². The lowest BCUT2D eigenvalue weighted by molar-refractivity contribution is 0.0696. The molecule has 4 heteroatoms. The van der Waals surface area contributed by atoms with Gasteiger partial charge in [0.25, 0.3) is 0 Å². The van der Waals surface area contributed by atoms with Gasteiger partial charge < -0.3 is 5.11 Å². The van der Waals surface area contributed by atoms with E-state index in [4.69, 9.17) is 5.11 Å². The van der Waals surface area contributed by atoms with E-state index in [0.717, 1.165) is 16.7 Å². The molecule has 0 fully saturated rings. The number of carbonyl (C=O) groups is 1. The molecule has 0 bridgehead atoms. The molecule has 0 saturated carbocycles. The summed E-state index contributed by atoms with van der Waals surface area (Å²) in [7, 11) is 0. The van der Waals surface area contributed by atoms with Crippen molar-refractivity contribution < 1.29 is 9.90 Å². The minimum atomic E-state index is -0.945. The third kappa shape index (κ3) is 2.53. The van der Waals surface area contributed by atoms with Crippen LogP contribution in [-0.4, -0.2) is 16.1 Å². The van der Waals surface area contributed by atoms with E-state index < -0.39 is 5.97 Å². The van der Waals surface area contributed by atoms with Gasteiger partial charge in [0.05, 0.1) is 5.56 Å². The molecule has 0 radical (unpaired) electrons. The molecule has 17 heavy (non-hydrogen) atoms. The van der Waals surface area contributed by atoms with E-state index in [1.165, 1.54) is 0 Å². The summed E-state index contributed by atoms with van der Waals surface area (Å²) < 4.78 is 0.578. The Bertz CT molecular complexity index is 581. The summed E-state index contributed by atoms with van der Waals surface area (Å²) in [5.41, 5.74) is 3.06. The lowest BCUT2D eigenvalue weighted by Crippen LogP contribution is -1.98. The number of nitrogens with zero attached hydrogens (tertiary/aromatic N) is 1. The molecule has 2 aromatic rings. The molecule has 1 heterocycles. The van der Waals surface area contributed by atoms with Crippen LogP contribution in [-0.2, 0) is 0 Å². The van der Waals surface area contributed by atoms with Crippen molar-refractivity contribution in [2.45, 2.75) is 6.92 Å². The van der Waals surface area contributed by atoms with Crippen LogP contribution in [0.1, 0.15) is 15.9 Å². The second-order valence-electron chi connectivity index (χ2n) is 3.75. The number of halogens is 1. The van der Waals surface area contributed by atoms with Crippen molar-refractivity contribution in [1.82, 2.24) is 4.98 Å². The highest BCUT2D eigenvalue weighted by molar-refractivity contribution is 9.10. The fourth-order valence-corrected chi connectivity index (χ4v) is 2.00. The van der Waals surface area contributed by atoms with E-state index in [9.17, 15) is 4.79 Å². The maximum absolute atomic E-state index is 11.0. The first-order valence-electron chi connectivity index (χ1n) is 5.03. The van der Waals surface area contributed by atoms with Crippen LogP contribution < -0.4 is 0 Å². The molecule has 1 N–H and O–H groups in total. The van der Waals surface area contributed by atoms with Crippen molar-refractivity contribution in [3.63, 3.8) is 0 Å². The van der Waals surface area contributed by atoms with E-state index in [2.05, 4.69) is 20.9 Å². The maximum Gasteiger partial charge on any atom is 0.336 e. The number of aromatic carboxylic acids is 1. The number of rotatable bonds is 2. The average Bonchev–Trinajstić information content (AvgIpc) is 2.29. The van der Waals surface area contributed by atoms with Gasteiger partial charge in [0, 0.05) is 22.4 Å². The second kappa shape index (κ2) is 4.67. The topological polar surface area (TPSA) is 50.2 Å². The lowest BCUT2D eigenvalue weighted by atomic mass is 10.0. The van der Waals surface area contributed by atoms with E-state index in [0.29, 0.717) is 4.47 Å². The number of carboxylic acid groups (broad SMARTS) is 1. The fraction of sp³-hybridized carbons (Fsp3) is 0.0769. The molecular weight excluding hydrogens is 282 g/mol. The summed E-state index contributed by atoms with van der Waals surface area (Å²) in [6.07, 6.45) is 3.49. The molecule has 3 nitrogen and oxygen atoms in total. The summed E-state index contributed by atoms with van der Waals surface area (Å²) in [6, 6.07) is 7.22. The number of aryl methyl sites for hydroxylation is 1. The minimum absolute atomic E-state index is 0.254. The van der Waals surface area contributed by atoms with Gasteiger partial charge in [-0.15, -0.1) is 0 Å². The zero-order valence-corrected chi connectivity index (χ0v) is 10.7. The maximum atomic E-state index is 11.0. The molecule has 86 valence electrons. The number of aromatic nitrogens is 1. The van der Waals surface area contributed by atoms with Crippen LogP contribution in [0.3, 0.4) is 0 Å². The van der Waals surface area contributed by atoms with Crippen LogP contribution in [0.4, 0.5) is 0 Å². The molecule has 1 aromatic carbocycles. The summed E-state index contributed by atoms with van der Waals surface area (Å²) >= 11 is 3.22. The Morgan fingerprint density at radius 1 is 1.24 bits per heavy atom. The first-order valence-corrected chi connectivity index (χ1v) is 5.82. The Kier molecular flexibility index (Phi) is 3.24. The Labute approximate surface area is 107 Å². The molecule has 0 unspecified atom stereocenters. The molecule has 0 aliphatic carbocycles. The normalized spacial score (nSPS) is 10.2. The lowest BCUT2D eigenvalue weighted by Gasteiger charge is -2.05. The molecule has 2 rings (SSSR count). The standard InChI is InChI=1S/C13H10BrNO2/c1-8-4-10(7-15-6-8)9-2-3-12(14)11(5-9)13(16)17/h2-7H,1H3,(H,16,17). The van der Waals surface area contributed by atoms with Crippen molar-refractivity contribution in [1.29, 1.82) is 0 Å². The van der Waals surface area contributed by atoms with Crippen molar-refractivity contribution in [3.05, 3.63) is 52.3 Å². The zero-order valence-electron chi connectivity index (χ0n) is 9.14. The Morgan fingerprint density at radius 3 is 2.65 bits per heavy atom. The third-order valence-electron chi connectivity index (χ3n) is 2.41. The van der Waals surface area contributed by atoms with Crippen molar-refractivity contribution in [3.8, 4) is 11.1 Å². The summed E-state index contributed by atoms with van der Waals surface area (Å²) in [5, 5.41) is 9.05. The van der Waals surface area contributed by atoms with Gasteiger partial charge in [-0.05, 0) is 52.2 Å². The average molecular weight is 292 g/mol. The highest BCUT2D eigenvalue weighted by Crippen LogP contribution is 2.25. The smallest absolute Gasteiger partial charge is 0.336 e. The number of benzene rings is 1.